The molecule has 0 aromatic heterocycles. The Morgan fingerprint density at radius 3 is 2.45 bits per heavy atom. The highest BCUT2D eigenvalue weighted by atomic mass is 16.5. The Bertz CT molecular complexity index is 297. The maximum absolute atomic E-state index is 6.27. The van der Waals surface area contributed by atoms with E-state index in [1.807, 2.05) is 0 Å². The molecule has 0 spiro atoms. The van der Waals surface area contributed by atoms with Crippen molar-refractivity contribution in [2.45, 2.75) is 77.5 Å². The maximum atomic E-state index is 6.27. The van der Waals surface area contributed by atoms with E-state index in [4.69, 9.17) is 10.5 Å². The van der Waals surface area contributed by atoms with Crippen molar-refractivity contribution in [2.24, 2.45) is 17.6 Å². The summed E-state index contributed by atoms with van der Waals surface area (Å²) in [5.41, 5.74) is 6.51. The fraction of sp³-hybridized carbons (Fsp3) is 1.00. The van der Waals surface area contributed by atoms with E-state index in [-0.39, 0.29) is 5.54 Å². The molecule has 2 fully saturated rings. The summed E-state index contributed by atoms with van der Waals surface area (Å²) in [6, 6.07) is 0.561. The molecule has 1 aliphatic carbocycles. The van der Waals surface area contributed by atoms with Gasteiger partial charge in [0.1, 0.15) is 0 Å². The van der Waals surface area contributed by atoms with Crippen LogP contribution in [0.3, 0.4) is 0 Å². The predicted molar refractivity (Wildman–Crippen MR) is 84.8 cm³/mol. The second-order valence-electron chi connectivity index (χ2n) is 7.37. The first-order chi connectivity index (χ1) is 9.52. The van der Waals surface area contributed by atoms with Crippen LogP contribution in [0.5, 0.6) is 0 Å². The lowest BCUT2D eigenvalue weighted by Crippen LogP contribution is -2.64. The minimum Gasteiger partial charge on any atom is -0.376 e. The Morgan fingerprint density at radius 1 is 1.30 bits per heavy atom. The summed E-state index contributed by atoms with van der Waals surface area (Å²) in [5.74, 6) is 1.71. The smallest absolute Gasteiger partial charge is 0.0675 e. The Hall–Kier alpha value is -0.120. The number of nitrogens with zero attached hydrogens (tertiary/aromatic N) is 1. The fourth-order valence-electron chi connectivity index (χ4n) is 4.22. The van der Waals surface area contributed by atoms with Crippen LogP contribution in [-0.4, -0.2) is 42.3 Å². The lowest BCUT2D eigenvalue weighted by molar-refractivity contribution is -0.111. The maximum Gasteiger partial charge on any atom is 0.0675 e. The van der Waals surface area contributed by atoms with Gasteiger partial charge in [-0.3, -0.25) is 4.90 Å². The second kappa shape index (κ2) is 6.76. The molecule has 1 aliphatic heterocycles. The summed E-state index contributed by atoms with van der Waals surface area (Å²) in [7, 11) is 0. The van der Waals surface area contributed by atoms with Gasteiger partial charge in [0.2, 0.25) is 0 Å². The molecule has 0 bridgehead atoms. The lowest BCUT2D eigenvalue weighted by atomic mass is 9.71. The zero-order chi connectivity index (χ0) is 14.8. The minimum absolute atomic E-state index is 0.240. The Morgan fingerprint density at radius 2 is 1.95 bits per heavy atom. The minimum atomic E-state index is 0.240. The van der Waals surface area contributed by atoms with Gasteiger partial charge >= 0.3 is 0 Å². The molecule has 1 saturated heterocycles. The summed E-state index contributed by atoms with van der Waals surface area (Å²) in [5, 5.41) is 0. The molecule has 118 valence electrons. The first-order valence-electron chi connectivity index (χ1n) is 8.61. The molecule has 1 saturated carbocycles. The second-order valence-corrected chi connectivity index (χ2v) is 7.37. The van der Waals surface area contributed by atoms with Crippen LogP contribution in [0.25, 0.3) is 0 Å². The highest BCUT2D eigenvalue weighted by Gasteiger charge is 2.44. The fourth-order valence-corrected chi connectivity index (χ4v) is 4.22. The van der Waals surface area contributed by atoms with Crippen LogP contribution in [0.2, 0.25) is 0 Å². The van der Waals surface area contributed by atoms with Gasteiger partial charge in [0.05, 0.1) is 12.7 Å². The standard InChI is InChI=1S/C17H34N2O/c1-5-16-11-20-14(4)10-19(16)17(12-18)8-6-15(7-9-17)13(2)3/h13-16H,5-12,18H2,1-4H3. The van der Waals surface area contributed by atoms with Gasteiger partial charge in [0.25, 0.3) is 0 Å². The van der Waals surface area contributed by atoms with Gasteiger partial charge in [-0.2, -0.15) is 0 Å². The summed E-state index contributed by atoms with van der Waals surface area (Å²) in [4.78, 5) is 2.72. The summed E-state index contributed by atoms with van der Waals surface area (Å²) >= 11 is 0. The van der Waals surface area contributed by atoms with Crippen molar-refractivity contribution in [3.63, 3.8) is 0 Å². The number of hydrogen-bond donors (Lipinski definition) is 1. The van der Waals surface area contributed by atoms with Crippen LogP contribution in [0.4, 0.5) is 0 Å². The van der Waals surface area contributed by atoms with Crippen molar-refractivity contribution in [2.75, 3.05) is 19.7 Å². The van der Waals surface area contributed by atoms with E-state index in [2.05, 4.69) is 32.6 Å². The van der Waals surface area contributed by atoms with Gasteiger partial charge in [-0.15, -0.1) is 0 Å². The third kappa shape index (κ3) is 3.20. The first-order valence-corrected chi connectivity index (χ1v) is 8.61. The summed E-state index contributed by atoms with van der Waals surface area (Å²) in [6.07, 6.45) is 6.76. The monoisotopic (exact) mass is 282 g/mol. The Labute approximate surface area is 125 Å². The molecule has 3 nitrogen and oxygen atoms in total. The predicted octanol–water partition coefficient (Wildman–Crippen LogP) is 3.03. The van der Waals surface area contributed by atoms with E-state index in [9.17, 15) is 0 Å². The van der Waals surface area contributed by atoms with Crippen molar-refractivity contribution in [3.05, 3.63) is 0 Å². The highest BCUT2D eigenvalue weighted by molar-refractivity contribution is 5.00. The van der Waals surface area contributed by atoms with Crippen molar-refractivity contribution in [3.8, 4) is 0 Å². The van der Waals surface area contributed by atoms with E-state index in [0.717, 1.165) is 31.5 Å². The largest absolute Gasteiger partial charge is 0.376 e. The van der Waals surface area contributed by atoms with Crippen molar-refractivity contribution < 1.29 is 4.74 Å². The molecular formula is C17H34N2O. The number of nitrogens with two attached hydrogens (primary N) is 1. The average molecular weight is 282 g/mol. The van der Waals surface area contributed by atoms with Gasteiger partial charge in [-0.1, -0.05) is 20.8 Å². The van der Waals surface area contributed by atoms with Gasteiger partial charge in [0, 0.05) is 24.7 Å². The lowest BCUT2D eigenvalue weighted by Gasteiger charge is -2.53. The first kappa shape index (κ1) is 16.3. The average Bonchev–Trinajstić information content (AvgIpc) is 2.47. The molecule has 0 aromatic rings. The number of hydrogen-bond acceptors (Lipinski definition) is 3. The molecule has 0 aromatic carbocycles. The van der Waals surface area contributed by atoms with Crippen LogP contribution < -0.4 is 5.73 Å². The molecule has 2 unspecified atom stereocenters. The molecule has 2 atom stereocenters. The zero-order valence-corrected chi connectivity index (χ0v) is 13.9. The van der Waals surface area contributed by atoms with E-state index in [1.165, 1.54) is 32.1 Å². The molecule has 0 radical (unpaired) electrons. The molecule has 2 rings (SSSR count). The molecule has 1 heterocycles. The number of rotatable bonds is 4. The molecule has 2 aliphatic rings. The topological polar surface area (TPSA) is 38.5 Å². The van der Waals surface area contributed by atoms with Gasteiger partial charge in [-0.25, -0.2) is 0 Å². The molecule has 2 N–H and O–H groups in total. The van der Waals surface area contributed by atoms with Gasteiger partial charge in [-0.05, 0) is 50.9 Å². The van der Waals surface area contributed by atoms with E-state index < -0.39 is 0 Å². The van der Waals surface area contributed by atoms with Crippen LogP contribution >= 0.6 is 0 Å². The third-order valence-corrected chi connectivity index (χ3v) is 5.83. The van der Waals surface area contributed by atoms with Gasteiger partial charge < -0.3 is 10.5 Å². The normalized spacial score (nSPS) is 40.2. The highest BCUT2D eigenvalue weighted by Crippen LogP contribution is 2.41. The molecule has 3 heteroatoms. The van der Waals surface area contributed by atoms with Gasteiger partial charge in [0.15, 0.2) is 0 Å². The number of ether oxygens (including phenoxy) is 1. The summed E-state index contributed by atoms with van der Waals surface area (Å²) in [6.45, 7) is 12.0. The van der Waals surface area contributed by atoms with Crippen LogP contribution in [-0.2, 0) is 4.74 Å². The summed E-state index contributed by atoms with van der Waals surface area (Å²) < 4.78 is 5.87. The molecule has 0 amide bonds. The van der Waals surface area contributed by atoms with Crippen LogP contribution in [0.15, 0.2) is 0 Å². The molecule has 20 heavy (non-hydrogen) atoms. The molecular weight excluding hydrogens is 248 g/mol. The van der Waals surface area contributed by atoms with Crippen LogP contribution in [0, 0.1) is 11.8 Å². The quantitative estimate of drug-likeness (QED) is 0.861. The van der Waals surface area contributed by atoms with Crippen LogP contribution in [0.1, 0.15) is 59.8 Å². The SMILES string of the molecule is CCC1COC(C)CN1C1(CN)CCC(C(C)C)CC1. The Balaban J connectivity index is 2.09. The van der Waals surface area contributed by atoms with E-state index >= 15 is 0 Å². The van der Waals surface area contributed by atoms with E-state index in [0.29, 0.717) is 12.1 Å². The number of morpholine rings is 1. The van der Waals surface area contributed by atoms with Crippen molar-refractivity contribution in [1.29, 1.82) is 0 Å². The van der Waals surface area contributed by atoms with Crippen molar-refractivity contribution in [1.82, 2.24) is 4.90 Å². The van der Waals surface area contributed by atoms with E-state index in [1.54, 1.807) is 0 Å². The third-order valence-electron chi connectivity index (χ3n) is 5.83. The zero-order valence-electron chi connectivity index (χ0n) is 13.9. The Kier molecular flexibility index (Phi) is 5.49. The van der Waals surface area contributed by atoms with Crippen molar-refractivity contribution >= 4 is 0 Å².